The molecule has 0 aliphatic heterocycles. The van der Waals surface area contributed by atoms with Gasteiger partial charge in [-0.15, -0.1) is 0 Å². The van der Waals surface area contributed by atoms with E-state index in [1.54, 1.807) is 32.0 Å². The molecule has 3 aliphatic rings. The molecule has 0 fully saturated rings. The standard InChI is InChI=1S/C26H32N2O7/c1-7-35-17-9-8-16(27(3)4)14-10-13-11-15-21(28(5)6)23(31)18(12(2)29)24(32)26(15,34)25(33)19(13)22(30)20(14)17/h8-9,13,15,21,31,33-34H,7,10-11H2,1-6H3/t13-,15-,21?,26+/m0/s1. The first-order valence-corrected chi connectivity index (χ1v) is 11.7. The molecule has 0 heterocycles. The van der Waals surface area contributed by atoms with Crippen LogP contribution in [-0.4, -0.2) is 84.0 Å². The first-order valence-electron chi connectivity index (χ1n) is 11.7. The van der Waals surface area contributed by atoms with Crippen molar-refractivity contribution in [1.82, 2.24) is 4.90 Å². The molecule has 9 heteroatoms. The lowest BCUT2D eigenvalue weighted by molar-refractivity contribution is -0.148. The van der Waals surface area contributed by atoms with Gasteiger partial charge in [0.15, 0.2) is 17.2 Å². The molecule has 9 nitrogen and oxygen atoms in total. The number of ketones is 3. The maximum absolute atomic E-state index is 13.9. The summed E-state index contributed by atoms with van der Waals surface area (Å²) in [7, 11) is 7.06. The van der Waals surface area contributed by atoms with Gasteiger partial charge >= 0.3 is 0 Å². The van der Waals surface area contributed by atoms with Gasteiger partial charge in [-0.2, -0.15) is 0 Å². The predicted molar refractivity (Wildman–Crippen MR) is 129 cm³/mol. The van der Waals surface area contributed by atoms with E-state index in [4.69, 9.17) is 4.74 Å². The van der Waals surface area contributed by atoms with Crippen LogP contribution in [0.3, 0.4) is 0 Å². The van der Waals surface area contributed by atoms with Crippen molar-refractivity contribution in [3.05, 3.63) is 45.9 Å². The Kier molecular flexibility index (Phi) is 6.05. The van der Waals surface area contributed by atoms with Gasteiger partial charge < -0.3 is 25.0 Å². The summed E-state index contributed by atoms with van der Waals surface area (Å²) in [5.41, 5.74) is -1.20. The summed E-state index contributed by atoms with van der Waals surface area (Å²) < 4.78 is 5.72. The van der Waals surface area contributed by atoms with Crippen LogP contribution in [0.5, 0.6) is 5.75 Å². The van der Waals surface area contributed by atoms with E-state index >= 15 is 0 Å². The van der Waals surface area contributed by atoms with E-state index < -0.39 is 57.9 Å². The van der Waals surface area contributed by atoms with Crippen LogP contribution >= 0.6 is 0 Å². The molecule has 0 bridgehead atoms. The number of anilines is 1. The molecule has 4 rings (SSSR count). The van der Waals surface area contributed by atoms with Gasteiger partial charge in [-0.05, 0) is 64.4 Å². The number of carbonyl (C=O) groups excluding carboxylic acids is 3. The Morgan fingerprint density at radius 1 is 1.17 bits per heavy atom. The minimum absolute atomic E-state index is 0.0387. The normalized spacial score (nSPS) is 28.1. The summed E-state index contributed by atoms with van der Waals surface area (Å²) in [5, 5.41) is 34.0. The number of nitrogens with zero attached hydrogens (tertiary/aromatic N) is 2. The van der Waals surface area contributed by atoms with Gasteiger partial charge in [-0.25, -0.2) is 0 Å². The Morgan fingerprint density at radius 2 is 1.83 bits per heavy atom. The zero-order valence-electron chi connectivity index (χ0n) is 20.9. The van der Waals surface area contributed by atoms with Gasteiger partial charge in [-0.3, -0.25) is 19.3 Å². The second-order valence-electron chi connectivity index (χ2n) is 9.92. The number of hydrogen-bond acceptors (Lipinski definition) is 9. The maximum Gasteiger partial charge on any atom is 0.209 e. The maximum atomic E-state index is 13.9. The second kappa shape index (κ2) is 8.49. The average molecular weight is 485 g/mol. The molecule has 4 atom stereocenters. The number of benzene rings is 1. The van der Waals surface area contributed by atoms with Gasteiger partial charge in [-0.1, -0.05) is 0 Å². The molecule has 35 heavy (non-hydrogen) atoms. The third-order valence-corrected chi connectivity index (χ3v) is 7.45. The minimum Gasteiger partial charge on any atom is -0.510 e. The molecule has 0 aromatic heterocycles. The van der Waals surface area contributed by atoms with E-state index in [1.165, 1.54) is 0 Å². The van der Waals surface area contributed by atoms with Crippen molar-refractivity contribution >= 4 is 23.0 Å². The van der Waals surface area contributed by atoms with E-state index in [0.29, 0.717) is 24.3 Å². The zero-order valence-corrected chi connectivity index (χ0v) is 20.9. The first kappa shape index (κ1) is 24.9. The van der Waals surface area contributed by atoms with Gasteiger partial charge in [0.1, 0.15) is 22.8 Å². The number of aliphatic hydroxyl groups excluding tert-OH is 2. The van der Waals surface area contributed by atoms with Gasteiger partial charge in [0.25, 0.3) is 0 Å². The first-order chi connectivity index (χ1) is 16.4. The highest BCUT2D eigenvalue weighted by atomic mass is 16.5. The second-order valence-corrected chi connectivity index (χ2v) is 9.92. The molecule has 3 N–H and O–H groups in total. The van der Waals surface area contributed by atoms with Crippen LogP contribution < -0.4 is 9.64 Å². The van der Waals surface area contributed by atoms with E-state index in [0.717, 1.165) is 18.2 Å². The molecule has 0 saturated carbocycles. The van der Waals surface area contributed by atoms with Crippen LogP contribution in [0.15, 0.2) is 34.8 Å². The summed E-state index contributed by atoms with van der Waals surface area (Å²) in [6.07, 6.45) is 0.524. The summed E-state index contributed by atoms with van der Waals surface area (Å²) in [6.45, 7) is 3.25. The lowest BCUT2D eigenvalue weighted by Gasteiger charge is -2.50. The SMILES string of the molecule is CCOc1ccc(N(C)C)c2c1C(=O)C1=C(O)[C@]3(O)C(=O)C(C(C)=O)=C(O)C(N(C)C)[C@@H]3C[C@@H]1C2. The van der Waals surface area contributed by atoms with E-state index in [-0.39, 0.29) is 12.0 Å². The van der Waals surface area contributed by atoms with Crippen molar-refractivity contribution in [3.8, 4) is 5.75 Å². The third-order valence-electron chi connectivity index (χ3n) is 7.45. The van der Waals surface area contributed by atoms with Crippen molar-refractivity contribution in [3.63, 3.8) is 0 Å². The Morgan fingerprint density at radius 3 is 2.37 bits per heavy atom. The van der Waals surface area contributed by atoms with E-state index in [2.05, 4.69) is 0 Å². The van der Waals surface area contributed by atoms with E-state index in [9.17, 15) is 29.7 Å². The Labute approximate surface area is 204 Å². The smallest absolute Gasteiger partial charge is 0.209 e. The number of carbonyl (C=O) groups is 3. The van der Waals surface area contributed by atoms with Crippen molar-refractivity contribution in [2.45, 2.75) is 38.3 Å². The van der Waals surface area contributed by atoms with Crippen molar-refractivity contribution in [1.29, 1.82) is 0 Å². The molecule has 3 aliphatic carbocycles. The molecule has 0 saturated heterocycles. The lowest BCUT2D eigenvalue weighted by atomic mass is 9.58. The van der Waals surface area contributed by atoms with Crippen LogP contribution in [-0.2, 0) is 16.0 Å². The number of aliphatic hydroxyl groups is 3. The van der Waals surface area contributed by atoms with Crippen LogP contribution in [0.4, 0.5) is 5.69 Å². The van der Waals surface area contributed by atoms with E-state index in [1.807, 2.05) is 25.1 Å². The Balaban J connectivity index is 1.98. The summed E-state index contributed by atoms with van der Waals surface area (Å²) in [5.74, 6) is -4.57. The molecular formula is C26H32N2O7. The average Bonchev–Trinajstić information content (AvgIpc) is 2.75. The van der Waals surface area contributed by atoms with Crippen molar-refractivity contribution in [2.75, 3.05) is 39.7 Å². The molecule has 1 aromatic rings. The fourth-order valence-electron chi connectivity index (χ4n) is 6.02. The predicted octanol–water partition coefficient (Wildman–Crippen LogP) is 1.98. The van der Waals surface area contributed by atoms with Crippen LogP contribution in [0.1, 0.15) is 36.2 Å². The number of Topliss-reactive ketones (excluding diaryl/α,β-unsaturated/α-hetero) is 3. The number of likely N-dealkylation sites (N-methyl/N-ethyl adjacent to an activating group) is 1. The molecular weight excluding hydrogens is 452 g/mol. The molecule has 188 valence electrons. The van der Waals surface area contributed by atoms with Gasteiger partial charge in [0, 0.05) is 31.3 Å². The third kappa shape index (κ3) is 3.40. The quantitative estimate of drug-likeness (QED) is 0.538. The number of allylic oxidation sites excluding steroid dienone is 1. The van der Waals surface area contributed by atoms with Gasteiger partial charge in [0.2, 0.25) is 5.78 Å². The highest BCUT2D eigenvalue weighted by molar-refractivity contribution is 6.25. The Bertz CT molecular complexity index is 1200. The molecule has 1 aromatic carbocycles. The number of rotatable bonds is 5. The van der Waals surface area contributed by atoms with Gasteiger partial charge in [0.05, 0.1) is 18.2 Å². The number of hydrogen-bond donors (Lipinski definition) is 3. The largest absolute Gasteiger partial charge is 0.510 e. The van der Waals surface area contributed by atoms with Crippen molar-refractivity contribution in [2.24, 2.45) is 11.8 Å². The minimum atomic E-state index is -2.51. The highest BCUT2D eigenvalue weighted by Crippen LogP contribution is 2.53. The summed E-state index contributed by atoms with van der Waals surface area (Å²) in [4.78, 5) is 43.1. The monoisotopic (exact) mass is 484 g/mol. The topological polar surface area (TPSA) is 128 Å². The molecule has 0 radical (unpaired) electrons. The van der Waals surface area contributed by atoms with Crippen LogP contribution in [0, 0.1) is 11.8 Å². The van der Waals surface area contributed by atoms with Crippen LogP contribution in [0.2, 0.25) is 0 Å². The Hall–Kier alpha value is -3.17. The summed E-state index contributed by atoms with van der Waals surface area (Å²) in [6, 6.07) is 2.68. The molecule has 1 unspecified atom stereocenters. The molecule has 0 amide bonds. The lowest BCUT2D eigenvalue weighted by Crippen LogP contribution is -2.63. The number of fused-ring (bicyclic) bond motifs is 3. The summed E-state index contributed by atoms with van der Waals surface area (Å²) >= 11 is 0. The zero-order chi connectivity index (χ0) is 26.0. The fourth-order valence-corrected chi connectivity index (χ4v) is 6.02. The highest BCUT2D eigenvalue weighted by Gasteiger charge is 2.63. The molecule has 0 spiro atoms. The number of ether oxygens (including phenoxy) is 1. The van der Waals surface area contributed by atoms with Crippen molar-refractivity contribution < 1.29 is 34.4 Å². The van der Waals surface area contributed by atoms with Crippen LogP contribution in [0.25, 0.3) is 0 Å². The fraction of sp³-hybridized carbons (Fsp3) is 0.500.